The van der Waals surface area contributed by atoms with Crippen LogP contribution >= 0.6 is 0 Å². The zero-order chi connectivity index (χ0) is 60.1. The molecule has 4 aliphatic heterocycles. The molecule has 1 unspecified atom stereocenters. The molecule has 436 valence electrons. The lowest BCUT2D eigenvalue weighted by molar-refractivity contribution is -0.160. The van der Waals surface area contributed by atoms with Gasteiger partial charge in [0.25, 0.3) is 11.7 Å². The minimum atomic E-state index is -2.18. The number of esters is 1. The average molecular weight is 1140 g/mol. The van der Waals surface area contributed by atoms with Crippen LogP contribution in [0.5, 0.6) is 23.0 Å². The summed E-state index contributed by atoms with van der Waals surface area (Å²) < 4.78 is 70.3. The molecule has 23 heteroatoms. The molecule has 0 aliphatic carbocycles. The molecule has 20 nitrogen and oxygen atoms in total. The number of anilines is 2. The van der Waals surface area contributed by atoms with Gasteiger partial charge in [0.2, 0.25) is 5.43 Å². The highest BCUT2D eigenvalue weighted by Crippen LogP contribution is 2.55. The number of benzene rings is 3. The number of phenols is 3. The van der Waals surface area contributed by atoms with Crippen molar-refractivity contribution in [2.24, 2.45) is 28.8 Å². The molecule has 1 fully saturated rings. The number of likely N-dealkylation sites (N-methyl/N-ethyl adjacent to an activating group) is 1. The van der Waals surface area contributed by atoms with E-state index < -0.39 is 140 Å². The number of aromatic nitrogens is 2. The smallest absolute Gasteiger partial charge is 0.312 e. The minimum Gasteiger partial charge on any atom is -0.508 e. The van der Waals surface area contributed by atoms with Crippen LogP contribution in [0, 0.1) is 48.0 Å². The van der Waals surface area contributed by atoms with Gasteiger partial charge in [-0.1, -0.05) is 52.5 Å². The fraction of sp³-hybridized carbons (Fsp3) is 0.390. The number of ketones is 1. The molecule has 5 bridgehead atoms. The normalized spacial score (nSPS) is 26.8. The van der Waals surface area contributed by atoms with Crippen molar-refractivity contribution in [3.8, 4) is 28.7 Å². The van der Waals surface area contributed by atoms with E-state index in [0.29, 0.717) is 12.5 Å². The Morgan fingerprint density at radius 1 is 0.976 bits per heavy atom. The molecule has 1 saturated heterocycles. The topological polar surface area (TPSA) is 275 Å². The predicted octanol–water partition coefficient (Wildman–Crippen LogP) is 7.94. The average Bonchev–Trinajstić information content (AvgIpc) is 4.06. The third-order valence-corrected chi connectivity index (χ3v) is 15.8. The van der Waals surface area contributed by atoms with Crippen molar-refractivity contribution in [3.63, 3.8) is 0 Å². The number of aliphatic hydroxyl groups excluding tert-OH is 3. The van der Waals surface area contributed by atoms with Crippen LogP contribution in [0.1, 0.15) is 81.9 Å². The van der Waals surface area contributed by atoms with Crippen molar-refractivity contribution in [1.82, 2.24) is 14.6 Å². The zero-order valence-corrected chi connectivity index (χ0v) is 46.7. The van der Waals surface area contributed by atoms with Crippen molar-refractivity contribution in [3.05, 3.63) is 123 Å². The van der Waals surface area contributed by atoms with E-state index >= 15 is 8.78 Å². The molecule has 82 heavy (non-hydrogen) atoms. The number of methoxy groups -OCH3 is 1. The van der Waals surface area contributed by atoms with Crippen LogP contribution in [-0.4, -0.2) is 133 Å². The van der Waals surface area contributed by atoms with E-state index in [1.54, 1.807) is 45.7 Å². The van der Waals surface area contributed by atoms with Gasteiger partial charge < -0.3 is 59.8 Å². The number of hydrogen-bond acceptors (Lipinski definition) is 18. The number of amides is 1. The number of aliphatic hydroxyl groups is 3. The second kappa shape index (κ2) is 23.2. The van der Waals surface area contributed by atoms with Gasteiger partial charge in [0.15, 0.2) is 23.0 Å². The van der Waals surface area contributed by atoms with Gasteiger partial charge in [-0.2, -0.15) is 5.10 Å². The summed E-state index contributed by atoms with van der Waals surface area (Å²) in [6, 6.07) is 3.02. The van der Waals surface area contributed by atoms with Gasteiger partial charge in [0, 0.05) is 93.6 Å². The highest BCUT2D eigenvalue weighted by Gasteiger charge is 2.50. The number of ether oxygens (including phenoxy) is 4. The van der Waals surface area contributed by atoms with Gasteiger partial charge in [-0.05, 0) is 44.5 Å². The van der Waals surface area contributed by atoms with E-state index in [1.165, 1.54) is 58.0 Å². The summed E-state index contributed by atoms with van der Waals surface area (Å²) in [5.74, 6) is -13.5. The van der Waals surface area contributed by atoms with E-state index in [4.69, 9.17) is 18.9 Å². The SMILES string of the molecule is C=C(O)c1cn(-c2ccc(F)cc2F)c2nc(N3CCC(N(C)/N=C/c4c5c(O)c6c(O)c(C)c7c(c6c4O)C(=O)[C@@](C)(O/C=C/[C@H](OC)[C@@H](C)[C@@H](OC(C)=O)[C@H](C)[C@H](O)[C@H](C)[C@@H](O)[C@@H](C)/C=C/C=C(/C)C(=O)N5)O7)C3)c(F)cc2c1=O. The van der Waals surface area contributed by atoms with E-state index in [1.807, 2.05) is 0 Å². The van der Waals surface area contributed by atoms with Crippen molar-refractivity contribution in [2.45, 2.75) is 98.1 Å². The maximum Gasteiger partial charge on any atom is 0.312 e. The molecule has 0 saturated carbocycles. The molecule has 4 aliphatic rings. The maximum absolute atomic E-state index is 16.2. The Balaban J connectivity index is 1.20. The summed E-state index contributed by atoms with van der Waals surface area (Å²) in [7, 11) is 2.95. The first-order valence-corrected chi connectivity index (χ1v) is 26.3. The summed E-state index contributed by atoms with van der Waals surface area (Å²) in [5.41, 5.74) is -2.81. The third kappa shape index (κ3) is 10.9. The molecule has 0 radical (unpaired) electrons. The van der Waals surface area contributed by atoms with Crippen LogP contribution in [0.2, 0.25) is 0 Å². The van der Waals surface area contributed by atoms with Gasteiger partial charge in [0.1, 0.15) is 40.7 Å². The number of pyridine rings is 2. The lowest BCUT2D eigenvalue weighted by Gasteiger charge is -2.38. The van der Waals surface area contributed by atoms with Gasteiger partial charge >= 0.3 is 11.8 Å². The fourth-order valence-electron chi connectivity index (χ4n) is 10.9. The molecule has 3 aromatic carbocycles. The highest BCUT2D eigenvalue weighted by atomic mass is 19.1. The highest BCUT2D eigenvalue weighted by molar-refractivity contribution is 6.24. The lowest BCUT2D eigenvalue weighted by atomic mass is 9.78. The number of nitrogens with one attached hydrogen (secondary N) is 1. The number of fused-ring (bicyclic) bond motifs is 15. The van der Waals surface area contributed by atoms with Crippen molar-refractivity contribution < 1.29 is 77.1 Å². The number of halogens is 3. The number of carbonyl (C=O) groups excluding carboxylic acids is 3. The summed E-state index contributed by atoms with van der Waals surface area (Å²) in [4.78, 5) is 60.8. The number of rotatable bonds is 8. The van der Waals surface area contributed by atoms with Crippen LogP contribution in [0.25, 0.3) is 33.3 Å². The number of Topliss-reactive ketones (excluding diaryl/α,β-unsaturated/α-hetero) is 1. The van der Waals surface area contributed by atoms with Gasteiger partial charge in [-0.3, -0.25) is 28.8 Å². The van der Waals surface area contributed by atoms with E-state index in [-0.39, 0.29) is 69.2 Å². The molecule has 9 rings (SSSR count). The van der Waals surface area contributed by atoms with Gasteiger partial charge in [-0.25, -0.2) is 18.2 Å². The maximum atomic E-state index is 16.2. The van der Waals surface area contributed by atoms with E-state index in [2.05, 4.69) is 22.0 Å². The molecule has 5 aromatic rings. The standard InChI is InChI=1S/C59H65F3N6O14/c1-26-13-12-14-27(2)58(78)64-46-37(23-63-66(10)35-17-19-67(24-35)57-40(62)22-36-50(74)38(32(7)69)25-68(56(36)65-57)41-16-15-34(60)21-39(41)61)51(75)43-44(52(46)76)49(73)31(6)54-45(43)55(77)59(9,82-54)80-20-18-42(79-11)28(3)53(81-33(8)70)30(5)48(72)29(4)47(26)71/h12-16,18,20-23,25-26,28-30,35,42,47-48,53,69,71-73,75-76H,7,17,19,24H2,1-6,8-11H3,(H,64,78)/b13-12+,20-18+,27-14-,63-23+/t26-,28+,29+,30+,35?,42-,47-,48+,53+,59-/m0/s1. The van der Waals surface area contributed by atoms with Crippen LogP contribution < -0.4 is 20.4 Å². The molecule has 2 aromatic heterocycles. The Morgan fingerprint density at radius 2 is 1.68 bits per heavy atom. The first-order chi connectivity index (χ1) is 38.6. The number of aromatic hydroxyl groups is 3. The van der Waals surface area contributed by atoms with Crippen LogP contribution in [0.4, 0.5) is 24.7 Å². The summed E-state index contributed by atoms with van der Waals surface area (Å²) >= 11 is 0. The third-order valence-electron chi connectivity index (χ3n) is 15.8. The molecular formula is C59H65F3N6O14. The quantitative estimate of drug-likeness (QED) is 0.0194. The molecule has 0 spiro atoms. The zero-order valence-electron chi connectivity index (χ0n) is 46.7. The summed E-state index contributed by atoms with van der Waals surface area (Å²) in [5, 5.41) is 77.4. The Hall–Kier alpha value is -8.41. The van der Waals surface area contributed by atoms with E-state index in [9.17, 15) is 54.2 Å². The van der Waals surface area contributed by atoms with Crippen LogP contribution in [-0.2, 0) is 23.8 Å². The fourth-order valence-corrected chi connectivity index (χ4v) is 10.9. The summed E-state index contributed by atoms with van der Waals surface area (Å²) in [6.45, 7) is 15.7. The van der Waals surface area contributed by atoms with E-state index in [0.717, 1.165) is 41.4 Å². The number of hydrazone groups is 1. The second-order valence-corrected chi connectivity index (χ2v) is 21.3. The molecule has 7 N–H and O–H groups in total. The van der Waals surface area contributed by atoms with Crippen molar-refractivity contribution in [2.75, 3.05) is 37.5 Å². The summed E-state index contributed by atoms with van der Waals surface area (Å²) in [6.07, 6.45) is 5.40. The van der Waals surface area contributed by atoms with Crippen molar-refractivity contribution in [1.29, 1.82) is 0 Å². The number of hydrogen-bond donors (Lipinski definition) is 7. The molecule has 1 amide bonds. The monoisotopic (exact) mass is 1140 g/mol. The van der Waals surface area contributed by atoms with Crippen LogP contribution in [0.15, 0.2) is 83.1 Å². The Labute approximate surface area is 469 Å². The minimum absolute atomic E-state index is 0.0323. The lowest BCUT2D eigenvalue weighted by Crippen LogP contribution is -2.46. The van der Waals surface area contributed by atoms with Gasteiger partial charge in [-0.15, -0.1) is 0 Å². The number of allylic oxidation sites excluding steroid dienone is 2. The Kier molecular flexibility index (Phi) is 16.9. The predicted molar refractivity (Wildman–Crippen MR) is 299 cm³/mol. The Morgan fingerprint density at radius 3 is 2.34 bits per heavy atom. The number of nitrogens with zero attached hydrogens (tertiary/aromatic N) is 5. The molecular weight excluding hydrogens is 1070 g/mol. The number of carbonyl (C=O) groups is 3. The molecule has 6 heterocycles. The van der Waals surface area contributed by atoms with Crippen molar-refractivity contribution >= 4 is 62.9 Å². The van der Waals surface area contributed by atoms with Crippen LogP contribution in [0.3, 0.4) is 0 Å². The number of phenolic OH excluding ortho intramolecular Hbond substituents is 3. The first-order valence-electron chi connectivity index (χ1n) is 26.3. The first kappa shape index (κ1) is 59.7. The Bertz CT molecular complexity index is 3620. The largest absolute Gasteiger partial charge is 0.508 e. The second-order valence-electron chi connectivity index (χ2n) is 21.3. The molecule has 10 atom stereocenters. The van der Waals surface area contributed by atoms with Gasteiger partial charge in [0.05, 0.1) is 75.7 Å².